The normalized spacial score (nSPS) is 21.6. The largest absolute Gasteiger partial charge is 0.383 e. The van der Waals surface area contributed by atoms with Gasteiger partial charge in [-0.1, -0.05) is 0 Å². The Bertz CT molecular complexity index is 902. The molecule has 1 aliphatic heterocycles. The van der Waals surface area contributed by atoms with E-state index in [9.17, 15) is 9.59 Å². The molecule has 9 nitrogen and oxygen atoms in total. The smallest absolute Gasteiger partial charge is 0.332 e. The maximum Gasteiger partial charge on any atom is 0.332 e. The average molecular weight is 365 g/mol. The molecule has 0 amide bonds. The maximum absolute atomic E-state index is 12.7. The van der Waals surface area contributed by atoms with Crippen LogP contribution in [0.4, 0.5) is 0 Å². The molecule has 1 fully saturated rings. The number of rotatable bonds is 5. The summed E-state index contributed by atoms with van der Waals surface area (Å²) in [5.74, 6) is 0.761. The lowest BCUT2D eigenvalue weighted by Gasteiger charge is -2.35. The highest BCUT2D eigenvalue weighted by Gasteiger charge is 2.25. The van der Waals surface area contributed by atoms with Crippen molar-refractivity contribution in [2.45, 2.75) is 39.1 Å². The molecule has 0 N–H and O–H groups in total. The molecule has 0 radical (unpaired) electrons. The fourth-order valence-corrected chi connectivity index (χ4v) is 3.65. The van der Waals surface area contributed by atoms with Gasteiger partial charge in [0.25, 0.3) is 5.56 Å². The Balaban J connectivity index is 2.09. The van der Waals surface area contributed by atoms with Gasteiger partial charge >= 0.3 is 5.69 Å². The second-order valence-electron chi connectivity index (χ2n) is 7.00. The lowest BCUT2D eigenvalue weighted by molar-refractivity contribution is -0.0713. The van der Waals surface area contributed by atoms with Crippen molar-refractivity contribution in [3.05, 3.63) is 26.7 Å². The highest BCUT2D eigenvalue weighted by atomic mass is 16.5. The van der Waals surface area contributed by atoms with Gasteiger partial charge < -0.3 is 14.0 Å². The summed E-state index contributed by atoms with van der Waals surface area (Å²) < 4.78 is 15.4. The van der Waals surface area contributed by atoms with Gasteiger partial charge in [0.15, 0.2) is 11.2 Å². The van der Waals surface area contributed by atoms with Crippen molar-refractivity contribution in [3.8, 4) is 0 Å². The van der Waals surface area contributed by atoms with E-state index in [2.05, 4.69) is 23.7 Å². The van der Waals surface area contributed by atoms with E-state index in [1.165, 1.54) is 11.6 Å². The Morgan fingerprint density at radius 3 is 2.42 bits per heavy atom. The van der Waals surface area contributed by atoms with Crippen molar-refractivity contribution in [3.63, 3.8) is 0 Å². The maximum atomic E-state index is 12.7. The molecule has 2 atom stereocenters. The number of hydrogen-bond acceptors (Lipinski definition) is 6. The van der Waals surface area contributed by atoms with Gasteiger partial charge in [-0.3, -0.25) is 18.8 Å². The van der Waals surface area contributed by atoms with Crippen LogP contribution in [0, 0.1) is 0 Å². The lowest BCUT2D eigenvalue weighted by Crippen LogP contribution is -2.45. The quantitative estimate of drug-likeness (QED) is 0.723. The Morgan fingerprint density at radius 1 is 1.15 bits per heavy atom. The molecule has 144 valence electrons. The average Bonchev–Trinajstić information content (AvgIpc) is 2.93. The zero-order valence-corrected chi connectivity index (χ0v) is 16.1. The summed E-state index contributed by atoms with van der Waals surface area (Å²) in [4.78, 5) is 31.9. The van der Waals surface area contributed by atoms with Gasteiger partial charge in [0.2, 0.25) is 0 Å². The molecule has 0 saturated carbocycles. The summed E-state index contributed by atoms with van der Waals surface area (Å²) in [5, 5.41) is 0. The molecule has 0 bridgehead atoms. The molecule has 0 aromatic carbocycles. The second-order valence-corrected chi connectivity index (χ2v) is 7.00. The summed E-state index contributed by atoms with van der Waals surface area (Å²) in [7, 11) is 4.75. The van der Waals surface area contributed by atoms with E-state index in [1.807, 2.05) is 4.57 Å². The molecule has 1 aliphatic rings. The summed E-state index contributed by atoms with van der Waals surface area (Å²) in [5.41, 5.74) is 0.148. The molecule has 26 heavy (non-hydrogen) atoms. The van der Waals surface area contributed by atoms with Crippen LogP contribution in [0.25, 0.3) is 11.2 Å². The number of imidazole rings is 1. The van der Waals surface area contributed by atoms with Crippen LogP contribution in [-0.2, 0) is 36.7 Å². The molecular formula is C17H27N5O4. The van der Waals surface area contributed by atoms with Crippen molar-refractivity contribution in [2.75, 3.05) is 26.8 Å². The standard InChI is InChI=1S/C17H27N5O4/c1-11-8-21(9-12(2)26-11)10-13-18-15-14(22(13)6-7-25-5)16(23)20(4)17(24)19(15)3/h11-12H,6-10H2,1-5H3/t11-,12-/m1/s1. The van der Waals surface area contributed by atoms with Gasteiger partial charge in [-0.2, -0.15) is 0 Å². The van der Waals surface area contributed by atoms with E-state index in [0.29, 0.717) is 30.9 Å². The first-order valence-electron chi connectivity index (χ1n) is 8.85. The summed E-state index contributed by atoms with van der Waals surface area (Å²) in [6.45, 7) is 7.26. The van der Waals surface area contributed by atoms with Gasteiger partial charge in [-0.25, -0.2) is 9.78 Å². The van der Waals surface area contributed by atoms with Crippen molar-refractivity contribution in [2.24, 2.45) is 14.1 Å². The van der Waals surface area contributed by atoms with Crippen molar-refractivity contribution >= 4 is 11.2 Å². The van der Waals surface area contributed by atoms with Gasteiger partial charge in [-0.05, 0) is 13.8 Å². The van der Waals surface area contributed by atoms with E-state index in [0.717, 1.165) is 23.5 Å². The number of aromatic nitrogens is 4. The molecule has 2 aromatic rings. The van der Waals surface area contributed by atoms with Crippen LogP contribution in [0.1, 0.15) is 19.7 Å². The lowest BCUT2D eigenvalue weighted by atomic mass is 10.2. The molecule has 9 heteroatoms. The monoisotopic (exact) mass is 365 g/mol. The Kier molecular flexibility index (Phi) is 5.31. The molecule has 0 spiro atoms. The van der Waals surface area contributed by atoms with Crippen LogP contribution < -0.4 is 11.2 Å². The Hall–Kier alpha value is -1.97. The van der Waals surface area contributed by atoms with Gasteiger partial charge in [0.05, 0.1) is 25.4 Å². The van der Waals surface area contributed by atoms with E-state index >= 15 is 0 Å². The number of methoxy groups -OCH3 is 1. The number of aryl methyl sites for hydroxylation is 1. The predicted octanol–water partition coefficient (Wildman–Crippen LogP) is -0.311. The molecule has 3 heterocycles. The highest BCUT2D eigenvalue weighted by Crippen LogP contribution is 2.17. The molecular weight excluding hydrogens is 338 g/mol. The summed E-state index contributed by atoms with van der Waals surface area (Å²) >= 11 is 0. The van der Waals surface area contributed by atoms with Crippen LogP contribution in [-0.4, -0.2) is 62.6 Å². The molecule has 1 saturated heterocycles. The van der Waals surface area contributed by atoms with E-state index in [-0.39, 0.29) is 23.5 Å². The van der Waals surface area contributed by atoms with Crippen molar-refractivity contribution in [1.82, 2.24) is 23.6 Å². The van der Waals surface area contributed by atoms with Crippen LogP contribution in [0.5, 0.6) is 0 Å². The number of hydrogen-bond donors (Lipinski definition) is 0. The SMILES string of the molecule is COCCn1c(CN2C[C@@H](C)O[C@H](C)C2)nc2c1c(=O)n(C)c(=O)n2C. The zero-order chi connectivity index (χ0) is 19.0. The summed E-state index contributed by atoms with van der Waals surface area (Å²) in [6.07, 6.45) is 0.292. The molecule has 3 rings (SSSR count). The fraction of sp³-hybridized carbons (Fsp3) is 0.706. The number of ether oxygens (including phenoxy) is 2. The fourth-order valence-electron chi connectivity index (χ4n) is 3.65. The zero-order valence-electron chi connectivity index (χ0n) is 16.1. The highest BCUT2D eigenvalue weighted by molar-refractivity contribution is 5.71. The first kappa shape index (κ1) is 18.8. The minimum Gasteiger partial charge on any atom is -0.383 e. The molecule has 2 aromatic heterocycles. The second kappa shape index (κ2) is 7.34. The molecule has 0 unspecified atom stereocenters. The molecule has 0 aliphatic carbocycles. The van der Waals surface area contributed by atoms with Gasteiger partial charge in [-0.15, -0.1) is 0 Å². The predicted molar refractivity (Wildman–Crippen MR) is 97.4 cm³/mol. The number of fused-ring (bicyclic) bond motifs is 1. The third-order valence-corrected chi connectivity index (χ3v) is 4.81. The number of morpholine rings is 1. The first-order valence-corrected chi connectivity index (χ1v) is 8.85. The van der Waals surface area contributed by atoms with Crippen LogP contribution in [0.15, 0.2) is 9.59 Å². The topological polar surface area (TPSA) is 83.5 Å². The van der Waals surface area contributed by atoms with Gasteiger partial charge in [0.1, 0.15) is 5.82 Å². The van der Waals surface area contributed by atoms with E-state index < -0.39 is 0 Å². The number of nitrogens with zero attached hydrogens (tertiary/aromatic N) is 5. The van der Waals surface area contributed by atoms with Gasteiger partial charge in [0, 0.05) is 40.8 Å². The van der Waals surface area contributed by atoms with Crippen LogP contribution in [0.3, 0.4) is 0 Å². The van der Waals surface area contributed by atoms with Crippen molar-refractivity contribution < 1.29 is 9.47 Å². The third-order valence-electron chi connectivity index (χ3n) is 4.81. The van der Waals surface area contributed by atoms with Crippen LogP contribution in [0.2, 0.25) is 0 Å². The van der Waals surface area contributed by atoms with Crippen LogP contribution >= 0.6 is 0 Å². The van der Waals surface area contributed by atoms with Crippen molar-refractivity contribution in [1.29, 1.82) is 0 Å². The Labute approximate surface area is 151 Å². The minimum absolute atomic E-state index is 0.146. The minimum atomic E-state index is -0.376. The van der Waals surface area contributed by atoms with E-state index in [4.69, 9.17) is 9.47 Å². The summed E-state index contributed by atoms with van der Waals surface area (Å²) in [6, 6.07) is 0. The first-order chi connectivity index (χ1) is 12.3. The van der Waals surface area contributed by atoms with E-state index in [1.54, 1.807) is 14.2 Å². The third kappa shape index (κ3) is 3.34. The Morgan fingerprint density at radius 2 is 1.81 bits per heavy atom.